The second kappa shape index (κ2) is 5.83. The Bertz CT molecular complexity index is 453. The molecule has 1 amide bonds. The van der Waals surface area contributed by atoms with Crippen molar-refractivity contribution in [1.82, 2.24) is 9.88 Å². The number of hydrogen-bond donors (Lipinski definition) is 0. The molecule has 5 nitrogen and oxygen atoms in total. The van der Waals surface area contributed by atoms with Crippen molar-refractivity contribution in [2.24, 2.45) is 0 Å². The molecule has 0 aliphatic carbocycles. The largest absolute Gasteiger partial charge is 0.480 e. The van der Waals surface area contributed by atoms with Crippen LogP contribution in [-0.2, 0) is 4.74 Å². The molecular weight excluding hydrogens is 347 g/mol. The van der Waals surface area contributed by atoms with Crippen molar-refractivity contribution >= 4 is 28.5 Å². The molecule has 1 fully saturated rings. The first-order valence-corrected chi connectivity index (χ1v) is 6.80. The van der Waals surface area contributed by atoms with Gasteiger partial charge in [0, 0.05) is 22.9 Å². The Hall–Kier alpha value is -0.890. The summed E-state index contributed by atoms with van der Waals surface area (Å²) in [5, 5.41) is 0. The molecule has 1 aromatic rings. The molecule has 1 atom stereocenters. The highest BCUT2D eigenvalue weighted by Gasteiger charge is 2.26. The van der Waals surface area contributed by atoms with Gasteiger partial charge in [-0.25, -0.2) is 4.98 Å². The molecule has 0 N–H and O–H groups in total. The molecule has 98 valence electrons. The summed E-state index contributed by atoms with van der Waals surface area (Å²) in [4.78, 5) is 18.4. The van der Waals surface area contributed by atoms with Crippen molar-refractivity contribution in [2.45, 2.75) is 13.0 Å². The molecule has 0 saturated carbocycles. The average Bonchev–Trinajstić information content (AvgIpc) is 2.37. The predicted molar refractivity (Wildman–Crippen MR) is 74.8 cm³/mol. The molecule has 0 aromatic carbocycles. The number of hydrogen-bond acceptors (Lipinski definition) is 4. The number of pyridine rings is 1. The van der Waals surface area contributed by atoms with Gasteiger partial charge in [-0.2, -0.15) is 0 Å². The molecule has 0 spiro atoms. The van der Waals surface area contributed by atoms with E-state index in [0.29, 0.717) is 31.1 Å². The summed E-state index contributed by atoms with van der Waals surface area (Å²) in [6, 6.07) is 1.81. The minimum Gasteiger partial charge on any atom is -0.480 e. The molecule has 1 saturated heterocycles. The Balaban J connectivity index is 2.28. The fourth-order valence-electron chi connectivity index (χ4n) is 1.93. The van der Waals surface area contributed by atoms with E-state index in [4.69, 9.17) is 9.47 Å². The minimum atomic E-state index is -0.0421. The van der Waals surface area contributed by atoms with E-state index in [2.05, 4.69) is 27.6 Å². The van der Waals surface area contributed by atoms with E-state index in [1.165, 1.54) is 7.11 Å². The van der Waals surface area contributed by atoms with Gasteiger partial charge in [-0.05, 0) is 35.6 Å². The van der Waals surface area contributed by atoms with Crippen LogP contribution in [0.3, 0.4) is 0 Å². The summed E-state index contributed by atoms with van der Waals surface area (Å²) in [6.45, 7) is 3.75. The van der Waals surface area contributed by atoms with Crippen LogP contribution >= 0.6 is 22.6 Å². The maximum Gasteiger partial charge on any atom is 0.260 e. The van der Waals surface area contributed by atoms with E-state index in [-0.39, 0.29) is 12.0 Å². The monoisotopic (exact) mass is 362 g/mol. The fraction of sp³-hybridized carbons (Fsp3) is 0.500. The number of methoxy groups -OCH3 is 1. The highest BCUT2D eigenvalue weighted by molar-refractivity contribution is 14.1. The van der Waals surface area contributed by atoms with E-state index in [1.54, 1.807) is 17.2 Å². The first-order chi connectivity index (χ1) is 8.63. The molecule has 18 heavy (non-hydrogen) atoms. The van der Waals surface area contributed by atoms with Crippen molar-refractivity contribution < 1.29 is 14.3 Å². The van der Waals surface area contributed by atoms with Crippen molar-refractivity contribution in [3.05, 3.63) is 21.4 Å². The van der Waals surface area contributed by atoms with Crippen LogP contribution in [0.25, 0.3) is 0 Å². The number of nitrogens with zero attached hydrogens (tertiary/aromatic N) is 2. The lowest BCUT2D eigenvalue weighted by atomic mass is 10.2. The molecule has 1 aromatic heterocycles. The molecule has 0 unspecified atom stereocenters. The molecule has 1 aliphatic heterocycles. The number of ether oxygens (including phenoxy) is 2. The van der Waals surface area contributed by atoms with Gasteiger partial charge in [0.25, 0.3) is 5.91 Å². The topological polar surface area (TPSA) is 51.7 Å². The number of carbonyl (C=O) groups excluding carboxylic acids is 1. The van der Waals surface area contributed by atoms with Crippen LogP contribution in [0.4, 0.5) is 0 Å². The van der Waals surface area contributed by atoms with Crippen LogP contribution in [0.5, 0.6) is 5.88 Å². The number of halogens is 1. The van der Waals surface area contributed by atoms with Gasteiger partial charge in [-0.1, -0.05) is 0 Å². The number of morpholine rings is 1. The van der Waals surface area contributed by atoms with Gasteiger partial charge in [-0.3, -0.25) is 4.79 Å². The van der Waals surface area contributed by atoms with E-state index in [1.807, 2.05) is 6.92 Å². The molecule has 0 bridgehead atoms. The van der Waals surface area contributed by atoms with Gasteiger partial charge in [0.15, 0.2) is 0 Å². The Labute approximate surface area is 120 Å². The number of carbonyl (C=O) groups is 1. The van der Waals surface area contributed by atoms with Crippen LogP contribution in [0.1, 0.15) is 17.3 Å². The Morgan fingerprint density at radius 1 is 1.67 bits per heavy atom. The van der Waals surface area contributed by atoms with Crippen molar-refractivity contribution in [2.75, 3.05) is 26.8 Å². The third-order valence-corrected chi connectivity index (χ3v) is 3.70. The van der Waals surface area contributed by atoms with E-state index in [9.17, 15) is 4.79 Å². The zero-order chi connectivity index (χ0) is 13.1. The van der Waals surface area contributed by atoms with Crippen LogP contribution in [-0.4, -0.2) is 48.7 Å². The van der Waals surface area contributed by atoms with Crippen molar-refractivity contribution in [1.29, 1.82) is 0 Å². The predicted octanol–water partition coefficient (Wildman–Crippen LogP) is 1.56. The third kappa shape index (κ3) is 2.74. The lowest BCUT2D eigenvalue weighted by Gasteiger charge is -2.31. The Morgan fingerprint density at radius 3 is 3.11 bits per heavy atom. The van der Waals surface area contributed by atoms with Crippen LogP contribution in [0, 0.1) is 3.57 Å². The second-order valence-electron chi connectivity index (χ2n) is 4.11. The highest BCUT2D eigenvalue weighted by atomic mass is 127. The standard InChI is InChI=1S/C12H15IN2O3/c1-8-7-15(5-6-18-8)12(16)10-9(13)3-4-14-11(10)17-2/h3-4,8H,5-7H2,1-2H3/t8-/m0/s1. The summed E-state index contributed by atoms with van der Waals surface area (Å²) in [6.07, 6.45) is 1.71. The zero-order valence-electron chi connectivity index (χ0n) is 10.4. The molecular formula is C12H15IN2O3. The molecule has 2 rings (SSSR count). The van der Waals surface area contributed by atoms with E-state index < -0.39 is 0 Å². The first kappa shape index (κ1) is 13.5. The molecule has 6 heteroatoms. The Kier molecular flexibility index (Phi) is 4.39. The minimum absolute atomic E-state index is 0.0421. The summed E-state index contributed by atoms with van der Waals surface area (Å²) < 4.78 is 11.5. The number of aromatic nitrogens is 1. The summed E-state index contributed by atoms with van der Waals surface area (Å²) in [7, 11) is 1.52. The maximum atomic E-state index is 12.5. The normalized spacial score (nSPS) is 19.7. The number of amides is 1. The van der Waals surface area contributed by atoms with Crippen molar-refractivity contribution in [3.63, 3.8) is 0 Å². The number of rotatable bonds is 2. The van der Waals surface area contributed by atoms with E-state index in [0.717, 1.165) is 3.57 Å². The SMILES string of the molecule is COc1nccc(I)c1C(=O)N1CCO[C@@H](C)C1. The van der Waals surface area contributed by atoms with Crippen LogP contribution in [0.15, 0.2) is 12.3 Å². The van der Waals surface area contributed by atoms with Crippen molar-refractivity contribution in [3.8, 4) is 5.88 Å². The van der Waals surface area contributed by atoms with Gasteiger partial charge >= 0.3 is 0 Å². The van der Waals surface area contributed by atoms with Gasteiger partial charge < -0.3 is 14.4 Å². The lowest BCUT2D eigenvalue weighted by molar-refractivity contribution is -0.0125. The highest BCUT2D eigenvalue weighted by Crippen LogP contribution is 2.23. The average molecular weight is 362 g/mol. The first-order valence-electron chi connectivity index (χ1n) is 5.73. The summed E-state index contributed by atoms with van der Waals surface area (Å²) in [5.41, 5.74) is 0.537. The lowest BCUT2D eigenvalue weighted by Crippen LogP contribution is -2.44. The maximum absolute atomic E-state index is 12.5. The van der Waals surface area contributed by atoms with Gasteiger partial charge in [0.1, 0.15) is 5.56 Å². The Morgan fingerprint density at radius 2 is 2.44 bits per heavy atom. The fourth-order valence-corrected chi connectivity index (χ4v) is 2.55. The van der Waals surface area contributed by atoms with Gasteiger partial charge in [0.05, 0.1) is 19.8 Å². The summed E-state index contributed by atoms with van der Waals surface area (Å²) >= 11 is 2.13. The molecule has 2 heterocycles. The summed E-state index contributed by atoms with van der Waals surface area (Å²) in [5.74, 6) is 0.338. The van der Waals surface area contributed by atoms with E-state index >= 15 is 0 Å². The molecule has 1 aliphatic rings. The van der Waals surface area contributed by atoms with Gasteiger partial charge in [-0.15, -0.1) is 0 Å². The quantitative estimate of drug-likeness (QED) is 0.750. The third-order valence-electron chi connectivity index (χ3n) is 2.80. The second-order valence-corrected chi connectivity index (χ2v) is 5.27. The molecule has 0 radical (unpaired) electrons. The van der Waals surface area contributed by atoms with Gasteiger partial charge in [0.2, 0.25) is 5.88 Å². The van der Waals surface area contributed by atoms with Crippen LogP contribution in [0.2, 0.25) is 0 Å². The smallest absolute Gasteiger partial charge is 0.260 e. The zero-order valence-corrected chi connectivity index (χ0v) is 12.5. The van der Waals surface area contributed by atoms with Crippen LogP contribution < -0.4 is 4.74 Å².